The van der Waals surface area contributed by atoms with E-state index in [4.69, 9.17) is 0 Å². The monoisotopic (exact) mass is 260 g/mol. The number of amides is 1. The van der Waals surface area contributed by atoms with E-state index in [0.717, 1.165) is 32.4 Å². The molecule has 0 aliphatic carbocycles. The van der Waals surface area contributed by atoms with Gasteiger partial charge >= 0.3 is 0 Å². The molecule has 1 aromatic rings. The van der Waals surface area contributed by atoms with Crippen molar-refractivity contribution in [1.82, 2.24) is 10.6 Å². The van der Waals surface area contributed by atoms with Gasteiger partial charge in [-0.15, -0.1) is 0 Å². The van der Waals surface area contributed by atoms with Crippen LogP contribution in [-0.4, -0.2) is 25.0 Å². The third-order valence-electron chi connectivity index (χ3n) is 3.79. The minimum atomic E-state index is 0.189. The van der Waals surface area contributed by atoms with E-state index in [1.54, 1.807) is 0 Å². The normalized spacial score (nSPS) is 23.1. The lowest BCUT2D eigenvalue weighted by Crippen LogP contribution is -2.42. The molecular formula is C16H24N2O. The average molecular weight is 260 g/mol. The molecule has 2 rings (SSSR count). The van der Waals surface area contributed by atoms with E-state index in [9.17, 15) is 4.79 Å². The molecule has 1 aliphatic heterocycles. The lowest BCUT2D eigenvalue weighted by Gasteiger charge is -2.27. The quantitative estimate of drug-likeness (QED) is 0.870. The summed E-state index contributed by atoms with van der Waals surface area (Å²) in [7, 11) is 0. The predicted octanol–water partition coefficient (Wildman–Crippen LogP) is 2.04. The summed E-state index contributed by atoms with van der Waals surface area (Å²) in [5, 5.41) is 6.45. The largest absolute Gasteiger partial charge is 0.356 e. The number of carbonyl (C=O) groups excluding carboxylic acids is 1. The number of hydrogen-bond acceptors (Lipinski definition) is 2. The van der Waals surface area contributed by atoms with Crippen molar-refractivity contribution in [2.45, 2.75) is 39.2 Å². The van der Waals surface area contributed by atoms with Crippen molar-refractivity contribution in [3.63, 3.8) is 0 Å². The van der Waals surface area contributed by atoms with Gasteiger partial charge in [0.05, 0.1) is 0 Å². The zero-order valence-electron chi connectivity index (χ0n) is 11.9. The Morgan fingerprint density at radius 2 is 2.32 bits per heavy atom. The topological polar surface area (TPSA) is 41.1 Å². The van der Waals surface area contributed by atoms with Gasteiger partial charge in [0.2, 0.25) is 5.91 Å². The number of nitrogens with one attached hydrogen (secondary N) is 2. The highest BCUT2D eigenvalue weighted by Gasteiger charge is 2.24. The molecule has 19 heavy (non-hydrogen) atoms. The molecular weight excluding hydrogens is 236 g/mol. The fourth-order valence-corrected chi connectivity index (χ4v) is 2.71. The van der Waals surface area contributed by atoms with E-state index in [-0.39, 0.29) is 11.8 Å². The van der Waals surface area contributed by atoms with E-state index >= 15 is 0 Å². The van der Waals surface area contributed by atoms with Gasteiger partial charge in [-0.05, 0) is 45.2 Å². The number of rotatable bonds is 4. The van der Waals surface area contributed by atoms with Gasteiger partial charge in [0.1, 0.15) is 0 Å². The molecule has 0 saturated carbocycles. The molecule has 2 atom stereocenters. The molecule has 3 heteroatoms. The molecule has 1 amide bonds. The van der Waals surface area contributed by atoms with Crippen LogP contribution in [-0.2, 0) is 11.2 Å². The third-order valence-corrected chi connectivity index (χ3v) is 3.79. The number of hydrogen-bond donors (Lipinski definition) is 2. The zero-order valence-corrected chi connectivity index (χ0v) is 11.9. The Bertz CT molecular complexity index is 431. The minimum Gasteiger partial charge on any atom is -0.356 e. The van der Waals surface area contributed by atoms with Gasteiger partial charge < -0.3 is 10.6 Å². The smallest absolute Gasteiger partial charge is 0.223 e. The molecule has 0 radical (unpaired) electrons. The van der Waals surface area contributed by atoms with Crippen molar-refractivity contribution in [3.05, 3.63) is 35.4 Å². The summed E-state index contributed by atoms with van der Waals surface area (Å²) in [6.07, 6.45) is 2.82. The first-order valence-corrected chi connectivity index (χ1v) is 7.22. The van der Waals surface area contributed by atoms with Crippen LogP contribution >= 0.6 is 0 Å². The Labute approximate surface area is 115 Å². The third kappa shape index (κ3) is 4.35. The molecule has 0 aromatic heterocycles. The fraction of sp³-hybridized carbons (Fsp3) is 0.562. The van der Waals surface area contributed by atoms with Crippen molar-refractivity contribution in [2.75, 3.05) is 13.1 Å². The minimum absolute atomic E-state index is 0.189. The molecule has 104 valence electrons. The number of carbonyl (C=O) groups is 1. The molecule has 1 aliphatic rings. The molecule has 1 heterocycles. The Morgan fingerprint density at radius 3 is 3.05 bits per heavy atom. The molecule has 1 aromatic carbocycles. The van der Waals surface area contributed by atoms with Crippen LogP contribution in [0, 0.1) is 12.8 Å². The number of benzene rings is 1. The van der Waals surface area contributed by atoms with E-state index in [2.05, 4.69) is 48.7 Å². The molecule has 0 spiro atoms. The van der Waals surface area contributed by atoms with Gasteiger partial charge in [-0.25, -0.2) is 0 Å². The molecule has 0 bridgehead atoms. The van der Waals surface area contributed by atoms with E-state index in [1.807, 2.05) is 0 Å². The first kappa shape index (κ1) is 14.1. The Hall–Kier alpha value is -1.35. The summed E-state index contributed by atoms with van der Waals surface area (Å²) >= 11 is 0. The second-order valence-electron chi connectivity index (χ2n) is 5.61. The summed E-state index contributed by atoms with van der Waals surface area (Å²) < 4.78 is 0. The van der Waals surface area contributed by atoms with Gasteiger partial charge in [-0.1, -0.05) is 29.8 Å². The Morgan fingerprint density at radius 1 is 1.47 bits per heavy atom. The molecule has 2 unspecified atom stereocenters. The maximum atomic E-state index is 12.1. The first-order valence-electron chi connectivity index (χ1n) is 7.22. The van der Waals surface area contributed by atoms with Crippen molar-refractivity contribution in [3.8, 4) is 0 Å². The van der Waals surface area contributed by atoms with Gasteiger partial charge in [-0.2, -0.15) is 0 Å². The van der Waals surface area contributed by atoms with Crippen LogP contribution in [0.4, 0.5) is 0 Å². The van der Waals surface area contributed by atoms with E-state index in [0.29, 0.717) is 6.04 Å². The van der Waals surface area contributed by atoms with Crippen molar-refractivity contribution in [2.24, 2.45) is 5.92 Å². The van der Waals surface area contributed by atoms with Crippen molar-refractivity contribution in [1.29, 1.82) is 0 Å². The van der Waals surface area contributed by atoms with Crippen LogP contribution in [0.3, 0.4) is 0 Å². The Kier molecular flexibility index (Phi) is 4.97. The summed E-state index contributed by atoms with van der Waals surface area (Å²) in [6, 6.07) is 8.92. The standard InChI is InChI=1S/C16H24N2O/c1-12-4-3-5-14(10-12)6-8-18-16(19)15-7-9-17-13(2)11-15/h3-5,10,13,15,17H,6-9,11H2,1-2H3,(H,18,19). The predicted molar refractivity (Wildman–Crippen MR) is 78.1 cm³/mol. The molecule has 1 saturated heterocycles. The zero-order chi connectivity index (χ0) is 13.7. The van der Waals surface area contributed by atoms with Crippen LogP contribution in [0.25, 0.3) is 0 Å². The lowest BCUT2D eigenvalue weighted by molar-refractivity contribution is -0.126. The Balaban J connectivity index is 1.74. The van der Waals surface area contributed by atoms with Crippen molar-refractivity contribution >= 4 is 5.91 Å². The van der Waals surface area contributed by atoms with Crippen molar-refractivity contribution < 1.29 is 4.79 Å². The van der Waals surface area contributed by atoms with Gasteiger partial charge in [0, 0.05) is 18.5 Å². The SMILES string of the molecule is Cc1cccc(CCNC(=O)C2CCNC(C)C2)c1. The summed E-state index contributed by atoms with van der Waals surface area (Å²) in [5.74, 6) is 0.412. The highest BCUT2D eigenvalue weighted by Crippen LogP contribution is 2.15. The maximum absolute atomic E-state index is 12.1. The fourth-order valence-electron chi connectivity index (χ4n) is 2.71. The highest BCUT2D eigenvalue weighted by molar-refractivity contribution is 5.78. The second-order valence-corrected chi connectivity index (χ2v) is 5.61. The van der Waals surface area contributed by atoms with E-state index < -0.39 is 0 Å². The molecule has 2 N–H and O–H groups in total. The van der Waals surface area contributed by atoms with Gasteiger partial charge in [0.25, 0.3) is 0 Å². The number of piperidine rings is 1. The summed E-state index contributed by atoms with van der Waals surface area (Å²) in [4.78, 5) is 12.1. The van der Waals surface area contributed by atoms with E-state index in [1.165, 1.54) is 11.1 Å². The van der Waals surface area contributed by atoms with Crippen LogP contribution in [0.1, 0.15) is 30.9 Å². The maximum Gasteiger partial charge on any atom is 0.223 e. The highest BCUT2D eigenvalue weighted by atomic mass is 16.1. The number of aryl methyl sites for hydroxylation is 1. The summed E-state index contributed by atoms with van der Waals surface area (Å²) in [6.45, 7) is 5.93. The van der Waals surface area contributed by atoms with Crippen LogP contribution in [0.5, 0.6) is 0 Å². The van der Waals surface area contributed by atoms with Gasteiger partial charge in [0.15, 0.2) is 0 Å². The van der Waals surface area contributed by atoms with Crippen LogP contribution in [0.15, 0.2) is 24.3 Å². The molecule has 3 nitrogen and oxygen atoms in total. The summed E-state index contributed by atoms with van der Waals surface area (Å²) in [5.41, 5.74) is 2.56. The average Bonchev–Trinajstić information content (AvgIpc) is 2.38. The van der Waals surface area contributed by atoms with Crippen LogP contribution in [0.2, 0.25) is 0 Å². The first-order chi connectivity index (χ1) is 9.15. The van der Waals surface area contributed by atoms with Gasteiger partial charge in [-0.3, -0.25) is 4.79 Å². The lowest BCUT2D eigenvalue weighted by atomic mass is 9.92. The second kappa shape index (κ2) is 6.71. The molecule has 1 fully saturated rings. The van der Waals surface area contributed by atoms with Crippen LogP contribution < -0.4 is 10.6 Å².